The van der Waals surface area contributed by atoms with Crippen LogP contribution in [0.25, 0.3) is 0 Å². The second-order valence-corrected chi connectivity index (χ2v) is 8.50. The number of hydrogen-bond acceptors (Lipinski definition) is 5. The summed E-state index contributed by atoms with van der Waals surface area (Å²) in [6.07, 6.45) is 0. The van der Waals surface area contributed by atoms with Gasteiger partial charge >= 0.3 is 0 Å². The molecular formula is C18H13BrFN3O4S. The van der Waals surface area contributed by atoms with Crippen molar-refractivity contribution >= 4 is 37.4 Å². The highest BCUT2D eigenvalue weighted by Crippen LogP contribution is 2.19. The first-order chi connectivity index (χ1) is 13.3. The van der Waals surface area contributed by atoms with E-state index in [0.29, 0.717) is 5.69 Å². The fourth-order valence-corrected chi connectivity index (χ4v) is 3.80. The van der Waals surface area contributed by atoms with E-state index in [1.54, 1.807) is 24.3 Å². The first kappa shape index (κ1) is 19.9. The fourth-order valence-electron chi connectivity index (χ4n) is 2.31. The van der Waals surface area contributed by atoms with E-state index in [9.17, 15) is 22.4 Å². The van der Waals surface area contributed by atoms with Crippen LogP contribution in [0.5, 0.6) is 0 Å². The molecule has 144 valence electrons. The number of nitrogens with one attached hydrogen (secondary N) is 1. The highest BCUT2D eigenvalue weighted by molar-refractivity contribution is 9.10. The number of benzene rings is 2. The zero-order valence-corrected chi connectivity index (χ0v) is 16.6. The van der Waals surface area contributed by atoms with Gasteiger partial charge in [0.05, 0.1) is 4.90 Å². The molecule has 0 fully saturated rings. The molecule has 3 rings (SSSR count). The molecule has 2 aromatic carbocycles. The Morgan fingerprint density at radius 2 is 1.82 bits per heavy atom. The van der Waals surface area contributed by atoms with Gasteiger partial charge in [0.1, 0.15) is 12.4 Å². The second kappa shape index (κ2) is 8.03. The summed E-state index contributed by atoms with van der Waals surface area (Å²) in [6, 6.07) is 13.2. The molecule has 0 saturated heterocycles. The molecule has 0 aliphatic heterocycles. The Morgan fingerprint density at radius 1 is 1.11 bits per heavy atom. The van der Waals surface area contributed by atoms with Crippen LogP contribution in [0.4, 0.5) is 10.1 Å². The lowest BCUT2D eigenvalue weighted by molar-refractivity contribution is -0.117. The molecule has 0 bridgehead atoms. The van der Waals surface area contributed by atoms with E-state index in [1.165, 1.54) is 12.1 Å². The van der Waals surface area contributed by atoms with Gasteiger partial charge in [-0.3, -0.25) is 9.59 Å². The Labute approximate surface area is 167 Å². The summed E-state index contributed by atoms with van der Waals surface area (Å²) in [6.45, 7) is -0.485. The van der Waals surface area contributed by atoms with Crippen molar-refractivity contribution in [3.63, 3.8) is 0 Å². The van der Waals surface area contributed by atoms with E-state index in [4.69, 9.17) is 0 Å². The van der Waals surface area contributed by atoms with Gasteiger partial charge in [-0.15, -0.1) is 0 Å². The van der Waals surface area contributed by atoms with Crippen LogP contribution in [0, 0.1) is 5.82 Å². The number of hydrogen-bond donors (Lipinski definition) is 1. The van der Waals surface area contributed by atoms with Crippen molar-refractivity contribution in [1.82, 2.24) is 9.78 Å². The molecule has 0 aliphatic carbocycles. The van der Waals surface area contributed by atoms with Gasteiger partial charge in [0, 0.05) is 16.2 Å². The van der Waals surface area contributed by atoms with Crippen molar-refractivity contribution in [2.24, 2.45) is 0 Å². The molecule has 1 N–H and O–H groups in total. The van der Waals surface area contributed by atoms with Crippen LogP contribution in [0.15, 0.2) is 79.9 Å². The lowest BCUT2D eigenvalue weighted by Gasteiger charge is -2.09. The monoisotopic (exact) mass is 465 g/mol. The van der Waals surface area contributed by atoms with Gasteiger partial charge in [0.2, 0.25) is 15.7 Å². The maximum atomic E-state index is 13.4. The van der Waals surface area contributed by atoms with E-state index in [-0.39, 0.29) is 4.90 Å². The number of carbonyl (C=O) groups is 1. The standard InChI is InChI=1S/C18H13BrFN3O4S/c19-12-4-6-14(7-5-12)21-16(24)11-23-18(25)9-8-17(22-23)28(26,27)15-3-1-2-13(20)10-15/h1-10H,11H2,(H,21,24). The largest absolute Gasteiger partial charge is 0.324 e. The average Bonchev–Trinajstić information content (AvgIpc) is 2.65. The third-order valence-corrected chi connectivity index (χ3v) is 5.82. The van der Waals surface area contributed by atoms with Crippen molar-refractivity contribution in [3.8, 4) is 0 Å². The molecule has 0 aliphatic rings. The number of anilines is 1. The third-order valence-electron chi connectivity index (χ3n) is 3.65. The van der Waals surface area contributed by atoms with Crippen molar-refractivity contribution in [2.45, 2.75) is 16.5 Å². The number of amides is 1. The van der Waals surface area contributed by atoms with Crippen LogP contribution in [0.1, 0.15) is 0 Å². The first-order valence-corrected chi connectivity index (χ1v) is 10.2. The minimum Gasteiger partial charge on any atom is -0.324 e. The minimum atomic E-state index is -4.15. The summed E-state index contributed by atoms with van der Waals surface area (Å²) in [4.78, 5) is 23.9. The smallest absolute Gasteiger partial charge is 0.267 e. The minimum absolute atomic E-state index is 0.301. The van der Waals surface area contributed by atoms with Crippen molar-refractivity contribution in [2.75, 3.05) is 5.32 Å². The van der Waals surface area contributed by atoms with Crippen LogP contribution in [0.2, 0.25) is 0 Å². The highest BCUT2D eigenvalue weighted by Gasteiger charge is 2.21. The number of nitrogens with zero attached hydrogens (tertiary/aromatic N) is 2. The number of rotatable bonds is 5. The van der Waals surface area contributed by atoms with E-state index >= 15 is 0 Å². The molecule has 0 saturated carbocycles. The van der Waals surface area contributed by atoms with Gasteiger partial charge in [-0.2, -0.15) is 5.10 Å². The maximum absolute atomic E-state index is 13.4. The quantitative estimate of drug-likeness (QED) is 0.624. The number of carbonyl (C=O) groups excluding carboxylic acids is 1. The third kappa shape index (κ3) is 4.52. The highest BCUT2D eigenvalue weighted by atomic mass is 79.9. The van der Waals surface area contributed by atoms with Gasteiger partial charge < -0.3 is 5.32 Å². The molecular weight excluding hydrogens is 453 g/mol. The zero-order chi connectivity index (χ0) is 20.3. The molecule has 7 nitrogen and oxygen atoms in total. The van der Waals surface area contributed by atoms with E-state index < -0.39 is 38.7 Å². The summed E-state index contributed by atoms with van der Waals surface area (Å²) >= 11 is 3.28. The fraction of sp³-hybridized carbons (Fsp3) is 0.0556. The van der Waals surface area contributed by atoms with Gasteiger partial charge in [-0.1, -0.05) is 22.0 Å². The molecule has 0 atom stereocenters. The molecule has 1 heterocycles. The summed E-state index contributed by atoms with van der Waals surface area (Å²) in [7, 11) is -4.15. The van der Waals surface area contributed by atoms with Gasteiger partial charge in [0.15, 0.2) is 5.03 Å². The van der Waals surface area contributed by atoms with E-state index in [2.05, 4.69) is 26.3 Å². The van der Waals surface area contributed by atoms with Gasteiger partial charge in [-0.05, 0) is 48.5 Å². The van der Waals surface area contributed by atoms with Crippen molar-refractivity contribution in [1.29, 1.82) is 0 Å². The summed E-state index contributed by atoms with van der Waals surface area (Å²) in [5.74, 6) is -1.28. The predicted molar refractivity (Wildman–Crippen MR) is 103 cm³/mol. The Morgan fingerprint density at radius 3 is 2.50 bits per heavy atom. The van der Waals surface area contributed by atoms with Crippen LogP contribution in [-0.2, 0) is 21.2 Å². The molecule has 0 spiro atoms. The normalized spacial score (nSPS) is 11.2. The van der Waals surface area contributed by atoms with E-state index in [1.807, 2.05) is 0 Å². The topological polar surface area (TPSA) is 98.1 Å². The van der Waals surface area contributed by atoms with E-state index in [0.717, 1.165) is 33.4 Å². The SMILES string of the molecule is O=C(Cn1nc(S(=O)(=O)c2cccc(F)c2)ccc1=O)Nc1ccc(Br)cc1. The lowest BCUT2D eigenvalue weighted by Crippen LogP contribution is -2.30. The molecule has 0 radical (unpaired) electrons. The summed E-state index contributed by atoms with van der Waals surface area (Å²) in [5, 5.41) is 5.89. The summed E-state index contributed by atoms with van der Waals surface area (Å²) < 4.78 is 40.2. The molecule has 1 amide bonds. The average molecular weight is 466 g/mol. The Bertz CT molecular complexity index is 1190. The van der Waals surface area contributed by atoms with Crippen LogP contribution < -0.4 is 10.9 Å². The molecule has 3 aromatic rings. The number of aromatic nitrogens is 2. The number of sulfone groups is 1. The van der Waals surface area contributed by atoms with Crippen LogP contribution in [-0.4, -0.2) is 24.1 Å². The van der Waals surface area contributed by atoms with Gasteiger partial charge in [0.25, 0.3) is 5.56 Å². The van der Waals surface area contributed by atoms with Crippen molar-refractivity contribution < 1.29 is 17.6 Å². The molecule has 28 heavy (non-hydrogen) atoms. The maximum Gasteiger partial charge on any atom is 0.267 e. The Hall–Kier alpha value is -2.85. The molecule has 10 heteroatoms. The Kier molecular flexibility index (Phi) is 5.71. The molecule has 0 unspecified atom stereocenters. The summed E-state index contributed by atoms with van der Waals surface area (Å²) in [5.41, 5.74) is -0.145. The van der Waals surface area contributed by atoms with Gasteiger partial charge in [-0.25, -0.2) is 17.5 Å². The second-order valence-electron chi connectivity index (χ2n) is 5.68. The Balaban J connectivity index is 1.86. The van der Waals surface area contributed by atoms with Crippen LogP contribution >= 0.6 is 15.9 Å². The van der Waals surface area contributed by atoms with Crippen molar-refractivity contribution in [3.05, 3.63) is 81.3 Å². The predicted octanol–water partition coefficient (Wildman–Crippen LogP) is 2.62. The first-order valence-electron chi connectivity index (χ1n) is 7.90. The molecule has 1 aromatic heterocycles. The lowest BCUT2D eigenvalue weighted by atomic mass is 10.3. The van der Waals surface area contributed by atoms with Crippen LogP contribution in [0.3, 0.4) is 0 Å². The zero-order valence-electron chi connectivity index (χ0n) is 14.2. The number of halogens is 2.